The normalized spacial score (nSPS) is 14.0. The van der Waals surface area contributed by atoms with Gasteiger partial charge in [-0.15, -0.1) is 0 Å². The van der Waals surface area contributed by atoms with E-state index in [1.165, 1.54) is 14.2 Å². The van der Waals surface area contributed by atoms with Crippen molar-refractivity contribution in [3.05, 3.63) is 35.4 Å². The van der Waals surface area contributed by atoms with Gasteiger partial charge < -0.3 is 14.2 Å². The number of hydrogen-bond acceptors (Lipinski definition) is 4. The lowest BCUT2D eigenvalue weighted by Crippen LogP contribution is -2.03. The van der Waals surface area contributed by atoms with Crippen molar-refractivity contribution in [3.8, 4) is 0 Å². The van der Waals surface area contributed by atoms with Crippen molar-refractivity contribution >= 4 is 7.60 Å². The van der Waals surface area contributed by atoms with Gasteiger partial charge in [0.1, 0.15) is 0 Å². The van der Waals surface area contributed by atoms with E-state index < -0.39 is 13.4 Å². The minimum atomic E-state index is -3.48. The molecule has 0 aliphatic rings. The summed E-state index contributed by atoms with van der Waals surface area (Å²) in [5, 5.41) is 9.96. The first kappa shape index (κ1) is 14.4. The second-order valence-corrected chi connectivity index (χ2v) is 6.40. The molecule has 0 saturated heterocycles. The Kier molecular flexibility index (Phi) is 4.90. The summed E-state index contributed by atoms with van der Waals surface area (Å²) >= 11 is 0. The van der Waals surface area contributed by atoms with Crippen LogP contribution in [0.2, 0.25) is 0 Å². The molecule has 5 heteroatoms. The number of aliphatic hydroxyl groups is 1. The molecule has 17 heavy (non-hydrogen) atoms. The third-order valence-corrected chi connectivity index (χ3v) is 4.62. The van der Waals surface area contributed by atoms with Crippen LogP contribution < -0.4 is 0 Å². The highest BCUT2D eigenvalue weighted by atomic mass is 31.2. The van der Waals surface area contributed by atoms with E-state index in [4.69, 9.17) is 9.05 Å². The van der Waals surface area contributed by atoms with Crippen LogP contribution in [0.1, 0.15) is 36.7 Å². The van der Waals surface area contributed by atoms with Gasteiger partial charge in [0.2, 0.25) is 0 Å². The van der Waals surface area contributed by atoms with Crippen molar-refractivity contribution < 1.29 is 18.7 Å². The first-order valence-corrected chi connectivity index (χ1v) is 7.05. The van der Waals surface area contributed by atoms with Crippen LogP contribution in [0.25, 0.3) is 0 Å². The van der Waals surface area contributed by atoms with E-state index in [9.17, 15) is 9.67 Å². The van der Waals surface area contributed by atoms with Crippen LogP contribution in [-0.4, -0.2) is 19.3 Å². The molecule has 1 aromatic carbocycles. The van der Waals surface area contributed by atoms with Gasteiger partial charge in [-0.05, 0) is 17.0 Å². The van der Waals surface area contributed by atoms with Crippen molar-refractivity contribution in [2.24, 2.45) is 0 Å². The summed E-state index contributed by atoms with van der Waals surface area (Å²) in [6.45, 7) is 4.17. The topological polar surface area (TPSA) is 55.8 Å². The van der Waals surface area contributed by atoms with Crippen molar-refractivity contribution in [2.45, 2.75) is 25.6 Å². The molecule has 0 aliphatic heterocycles. The fourth-order valence-electron chi connectivity index (χ4n) is 1.51. The molecule has 0 heterocycles. The van der Waals surface area contributed by atoms with Crippen LogP contribution in [0.3, 0.4) is 0 Å². The average molecular weight is 258 g/mol. The number of hydrogen-bond donors (Lipinski definition) is 1. The molecule has 0 radical (unpaired) electrons. The molecular weight excluding hydrogens is 239 g/mol. The van der Waals surface area contributed by atoms with Gasteiger partial charge in [-0.1, -0.05) is 38.1 Å². The van der Waals surface area contributed by atoms with Crippen molar-refractivity contribution in [3.63, 3.8) is 0 Å². The largest absolute Gasteiger partial charge is 0.376 e. The molecule has 1 N–H and O–H groups in total. The predicted octanol–water partition coefficient (Wildman–Crippen LogP) is 3.29. The smallest absolute Gasteiger partial charge is 0.362 e. The summed E-state index contributed by atoms with van der Waals surface area (Å²) in [6.07, 6.45) is 0. The quantitative estimate of drug-likeness (QED) is 0.823. The van der Waals surface area contributed by atoms with Crippen LogP contribution in [0.15, 0.2) is 24.3 Å². The Bertz CT molecular complexity index is 391. The third kappa shape index (κ3) is 3.17. The maximum atomic E-state index is 12.0. The second kappa shape index (κ2) is 5.78. The van der Waals surface area contributed by atoms with Crippen LogP contribution in [0.5, 0.6) is 0 Å². The maximum Gasteiger partial charge on any atom is 0.362 e. The summed E-state index contributed by atoms with van der Waals surface area (Å²) in [7, 11) is -0.958. The molecule has 1 atom stereocenters. The summed E-state index contributed by atoms with van der Waals surface area (Å²) in [5.41, 5.74) is 1.69. The van der Waals surface area contributed by atoms with Crippen molar-refractivity contribution in [1.82, 2.24) is 0 Å². The first-order valence-electron chi connectivity index (χ1n) is 5.43. The fraction of sp³-hybridized carbons (Fsp3) is 0.500. The fourth-order valence-corrected chi connectivity index (χ4v) is 2.60. The van der Waals surface area contributed by atoms with E-state index in [0.717, 1.165) is 5.56 Å². The predicted molar refractivity (Wildman–Crippen MR) is 67.1 cm³/mol. The van der Waals surface area contributed by atoms with E-state index in [-0.39, 0.29) is 0 Å². The monoisotopic (exact) mass is 258 g/mol. The molecule has 4 nitrogen and oxygen atoms in total. The van der Waals surface area contributed by atoms with E-state index in [1.54, 1.807) is 12.1 Å². The van der Waals surface area contributed by atoms with Crippen LogP contribution in [0, 0.1) is 0 Å². The van der Waals surface area contributed by atoms with Gasteiger partial charge in [0, 0.05) is 14.2 Å². The highest BCUT2D eigenvalue weighted by Crippen LogP contribution is 2.58. The molecule has 0 fully saturated rings. The zero-order valence-corrected chi connectivity index (χ0v) is 11.5. The number of benzene rings is 1. The minimum absolute atomic E-state index is 0.415. The summed E-state index contributed by atoms with van der Waals surface area (Å²) < 4.78 is 21.5. The van der Waals surface area contributed by atoms with E-state index >= 15 is 0 Å². The lowest BCUT2D eigenvalue weighted by atomic mass is 10.0. The second-order valence-electron chi connectivity index (χ2n) is 4.10. The zero-order valence-electron chi connectivity index (χ0n) is 10.6. The number of rotatable bonds is 5. The molecule has 0 aliphatic carbocycles. The number of aliphatic hydroxyl groups excluding tert-OH is 1. The molecule has 96 valence electrons. The summed E-state index contributed by atoms with van der Waals surface area (Å²) in [6, 6.07) is 7.28. The molecule has 1 aromatic rings. The van der Waals surface area contributed by atoms with Gasteiger partial charge >= 0.3 is 7.60 Å². The Labute approximate surface area is 102 Å². The van der Waals surface area contributed by atoms with Crippen LogP contribution in [0.4, 0.5) is 0 Å². The van der Waals surface area contributed by atoms with Gasteiger partial charge in [-0.2, -0.15) is 0 Å². The molecule has 0 bridgehead atoms. The molecule has 0 aromatic heterocycles. The first-order chi connectivity index (χ1) is 7.94. The van der Waals surface area contributed by atoms with E-state index in [1.807, 2.05) is 12.1 Å². The Balaban J connectivity index is 2.97. The summed E-state index contributed by atoms with van der Waals surface area (Å²) in [5.74, 6) is -0.837. The average Bonchev–Trinajstić information content (AvgIpc) is 2.37. The standard InChI is InChI=1S/C12H19O4P/c1-9(2)10-5-7-11(8-6-10)12(13)17(14,15-3)16-4/h5-9,12-13H,1-4H3. The zero-order chi connectivity index (χ0) is 13.1. The van der Waals surface area contributed by atoms with E-state index in [2.05, 4.69) is 13.8 Å². The maximum absolute atomic E-state index is 12.0. The molecule has 0 saturated carbocycles. The SMILES string of the molecule is COP(=O)(OC)C(O)c1ccc(C(C)C)cc1. The minimum Gasteiger partial charge on any atom is -0.376 e. The van der Waals surface area contributed by atoms with Gasteiger partial charge in [-0.25, -0.2) is 0 Å². The Hall–Kier alpha value is -0.670. The highest BCUT2D eigenvalue weighted by molar-refractivity contribution is 7.53. The van der Waals surface area contributed by atoms with Crippen molar-refractivity contribution in [2.75, 3.05) is 14.2 Å². The Morgan fingerprint density at radius 2 is 1.47 bits per heavy atom. The lowest BCUT2D eigenvalue weighted by Gasteiger charge is -2.20. The van der Waals surface area contributed by atoms with Crippen LogP contribution >= 0.6 is 7.60 Å². The third-order valence-electron chi connectivity index (χ3n) is 2.71. The van der Waals surface area contributed by atoms with Gasteiger partial charge in [0.25, 0.3) is 0 Å². The Morgan fingerprint density at radius 3 is 1.82 bits per heavy atom. The van der Waals surface area contributed by atoms with Gasteiger partial charge in [-0.3, -0.25) is 4.57 Å². The van der Waals surface area contributed by atoms with Crippen molar-refractivity contribution in [1.29, 1.82) is 0 Å². The molecule has 1 unspecified atom stereocenters. The highest BCUT2D eigenvalue weighted by Gasteiger charge is 2.33. The summed E-state index contributed by atoms with van der Waals surface area (Å²) in [4.78, 5) is 0. The lowest BCUT2D eigenvalue weighted by molar-refractivity contribution is 0.176. The molecule has 0 amide bonds. The molecular formula is C12H19O4P. The van der Waals surface area contributed by atoms with Gasteiger partial charge in [0.05, 0.1) is 0 Å². The van der Waals surface area contributed by atoms with E-state index in [0.29, 0.717) is 11.5 Å². The molecule has 0 spiro atoms. The van der Waals surface area contributed by atoms with Crippen LogP contribution in [-0.2, 0) is 13.6 Å². The Morgan fingerprint density at radius 1 is 1.06 bits per heavy atom. The molecule has 1 rings (SSSR count). The van der Waals surface area contributed by atoms with Gasteiger partial charge in [0.15, 0.2) is 5.85 Å².